The maximum atomic E-state index is 12.2. The Hall–Kier alpha value is -2.26. The van der Waals surface area contributed by atoms with Crippen LogP contribution in [0.25, 0.3) is 11.3 Å². The van der Waals surface area contributed by atoms with Crippen molar-refractivity contribution >= 4 is 35.4 Å². The maximum absolute atomic E-state index is 12.2. The summed E-state index contributed by atoms with van der Waals surface area (Å²) >= 11 is 3.12. The first-order chi connectivity index (χ1) is 12.9. The number of carbonyl (C=O) groups excluding carboxylic acids is 1. The van der Waals surface area contributed by atoms with E-state index in [0.717, 1.165) is 15.1 Å². The van der Waals surface area contributed by atoms with Gasteiger partial charge in [-0.25, -0.2) is 9.48 Å². The molecule has 2 N–H and O–H groups in total. The first-order valence-electron chi connectivity index (χ1n) is 8.18. The lowest BCUT2D eigenvalue weighted by atomic mass is 10.1. The third kappa shape index (κ3) is 6.14. The van der Waals surface area contributed by atoms with Crippen LogP contribution in [0.3, 0.4) is 0 Å². The number of carbonyl (C=O) groups is 2. The number of amides is 1. The third-order valence-electron chi connectivity index (χ3n) is 3.79. The molecule has 1 aromatic carbocycles. The number of hydrogen-bond donors (Lipinski definition) is 2. The van der Waals surface area contributed by atoms with Gasteiger partial charge in [-0.3, -0.25) is 9.59 Å². The molecule has 0 saturated carbocycles. The summed E-state index contributed by atoms with van der Waals surface area (Å²) in [6.45, 7) is -0.335. The van der Waals surface area contributed by atoms with Crippen molar-refractivity contribution in [2.45, 2.75) is 23.9 Å². The Morgan fingerprint density at radius 1 is 1.19 bits per heavy atom. The second-order valence-corrected chi connectivity index (χ2v) is 7.55. The van der Waals surface area contributed by atoms with E-state index in [4.69, 9.17) is 0 Å². The topological polar surface area (TPSA) is 101 Å². The zero-order valence-corrected chi connectivity index (χ0v) is 16.7. The minimum atomic E-state index is -1.10. The van der Waals surface area contributed by atoms with Crippen molar-refractivity contribution < 1.29 is 14.7 Å². The van der Waals surface area contributed by atoms with Crippen molar-refractivity contribution in [3.05, 3.63) is 46.8 Å². The number of thioether (sulfide) groups is 2. The largest absolute Gasteiger partial charge is 0.480 e. The second kappa shape index (κ2) is 10.2. The molecule has 27 heavy (non-hydrogen) atoms. The van der Waals surface area contributed by atoms with Gasteiger partial charge in [0.2, 0.25) is 5.91 Å². The predicted molar refractivity (Wildman–Crippen MR) is 108 cm³/mol. The lowest BCUT2D eigenvalue weighted by molar-refractivity contribution is -0.142. The van der Waals surface area contributed by atoms with Crippen LogP contribution in [0, 0.1) is 0 Å². The molecule has 9 heteroatoms. The van der Waals surface area contributed by atoms with Crippen molar-refractivity contribution in [2.24, 2.45) is 0 Å². The molecule has 1 heterocycles. The van der Waals surface area contributed by atoms with Crippen molar-refractivity contribution in [1.29, 1.82) is 0 Å². The van der Waals surface area contributed by atoms with Gasteiger partial charge in [0.1, 0.15) is 12.6 Å². The molecule has 2 rings (SSSR count). The summed E-state index contributed by atoms with van der Waals surface area (Å²) in [5.41, 5.74) is 0.961. The van der Waals surface area contributed by atoms with E-state index in [0.29, 0.717) is 17.9 Å². The molecule has 0 aliphatic heterocycles. The number of nitrogens with zero attached hydrogens (tertiary/aromatic N) is 2. The zero-order valence-electron chi connectivity index (χ0n) is 15.0. The fourth-order valence-corrected chi connectivity index (χ4v) is 3.23. The first-order valence-corrected chi connectivity index (χ1v) is 10.8. The van der Waals surface area contributed by atoms with E-state index in [1.807, 2.05) is 36.8 Å². The van der Waals surface area contributed by atoms with Gasteiger partial charge in [0.05, 0.1) is 5.69 Å². The van der Waals surface area contributed by atoms with Crippen LogP contribution < -0.4 is 10.9 Å². The smallest absolute Gasteiger partial charge is 0.326 e. The molecule has 0 bridgehead atoms. The molecule has 0 fully saturated rings. The molecule has 144 valence electrons. The summed E-state index contributed by atoms with van der Waals surface area (Å²) < 4.78 is 1.04. The molecule has 0 saturated heterocycles. The van der Waals surface area contributed by atoms with Crippen molar-refractivity contribution in [2.75, 3.05) is 18.3 Å². The van der Waals surface area contributed by atoms with Crippen LogP contribution in [0.2, 0.25) is 0 Å². The maximum Gasteiger partial charge on any atom is 0.326 e. The van der Waals surface area contributed by atoms with Crippen molar-refractivity contribution in [3.8, 4) is 11.3 Å². The van der Waals surface area contributed by atoms with Crippen molar-refractivity contribution in [1.82, 2.24) is 15.1 Å². The van der Waals surface area contributed by atoms with Crippen LogP contribution >= 0.6 is 23.5 Å². The first kappa shape index (κ1) is 21.0. The summed E-state index contributed by atoms with van der Waals surface area (Å²) in [5.74, 6) is -1.05. The fourth-order valence-electron chi connectivity index (χ4n) is 2.35. The predicted octanol–water partition coefficient (Wildman–Crippen LogP) is 1.95. The molecule has 1 atom stereocenters. The standard InChI is InChI=1S/C18H21N3O4S2/c1-26-10-9-15(18(24)25)19-16(22)11-21-17(23)8-7-14(20-21)12-3-5-13(27-2)6-4-12/h3-8,15H,9-11H2,1-2H3,(H,19,22)(H,24,25)/t15-/m1/s1. The number of nitrogens with one attached hydrogen (secondary N) is 1. The minimum absolute atomic E-state index is 0.312. The van der Waals surface area contributed by atoms with E-state index < -0.39 is 23.5 Å². The van der Waals surface area contributed by atoms with E-state index in [9.17, 15) is 19.5 Å². The van der Waals surface area contributed by atoms with Crippen LogP contribution in [0.5, 0.6) is 0 Å². The Morgan fingerprint density at radius 2 is 1.89 bits per heavy atom. The number of rotatable bonds is 9. The van der Waals surface area contributed by atoms with Gasteiger partial charge in [0, 0.05) is 16.5 Å². The highest BCUT2D eigenvalue weighted by Crippen LogP contribution is 2.20. The molecule has 1 aromatic heterocycles. The number of carboxylic acid groups (broad SMARTS) is 1. The highest BCUT2D eigenvalue weighted by molar-refractivity contribution is 7.98. The summed E-state index contributed by atoms with van der Waals surface area (Å²) in [5, 5.41) is 15.9. The number of aromatic nitrogens is 2. The summed E-state index contributed by atoms with van der Waals surface area (Å²) in [4.78, 5) is 36.6. The quantitative estimate of drug-likeness (QED) is 0.613. The lowest BCUT2D eigenvalue weighted by Crippen LogP contribution is -2.44. The molecular formula is C18H21N3O4S2. The Labute approximate surface area is 165 Å². The SMILES string of the molecule is CSCC[C@@H](NC(=O)Cn1nc(-c2ccc(SC)cc2)ccc1=O)C(=O)O. The van der Waals surface area contributed by atoms with Crippen LogP contribution in [0.1, 0.15) is 6.42 Å². The lowest BCUT2D eigenvalue weighted by Gasteiger charge is -2.14. The van der Waals surface area contributed by atoms with Crippen LogP contribution in [0.15, 0.2) is 46.1 Å². The summed E-state index contributed by atoms with van der Waals surface area (Å²) in [6.07, 6.45) is 4.16. The van der Waals surface area contributed by atoms with E-state index in [1.54, 1.807) is 17.8 Å². The number of aliphatic carboxylic acids is 1. The van der Waals surface area contributed by atoms with Gasteiger partial charge in [0.25, 0.3) is 5.56 Å². The minimum Gasteiger partial charge on any atom is -0.480 e. The number of carboxylic acids is 1. The monoisotopic (exact) mass is 407 g/mol. The van der Waals surface area contributed by atoms with E-state index in [1.165, 1.54) is 17.8 Å². The normalized spacial score (nSPS) is 11.8. The zero-order chi connectivity index (χ0) is 19.8. The highest BCUT2D eigenvalue weighted by atomic mass is 32.2. The van der Waals surface area contributed by atoms with Crippen LogP contribution in [-0.4, -0.2) is 51.1 Å². The molecule has 2 aromatic rings. The van der Waals surface area contributed by atoms with Gasteiger partial charge >= 0.3 is 5.97 Å². The number of hydrogen-bond acceptors (Lipinski definition) is 6. The molecule has 1 amide bonds. The Balaban J connectivity index is 2.14. The fraction of sp³-hybridized carbons (Fsp3) is 0.333. The van der Waals surface area contributed by atoms with Gasteiger partial charge in [0.15, 0.2) is 0 Å². The van der Waals surface area contributed by atoms with Crippen LogP contribution in [-0.2, 0) is 16.1 Å². The third-order valence-corrected chi connectivity index (χ3v) is 5.18. The van der Waals surface area contributed by atoms with E-state index >= 15 is 0 Å². The van der Waals surface area contributed by atoms with Gasteiger partial charge < -0.3 is 10.4 Å². The molecule has 0 radical (unpaired) electrons. The Kier molecular flexibility index (Phi) is 7.93. The molecule has 0 aliphatic carbocycles. The molecule has 0 aliphatic rings. The van der Waals surface area contributed by atoms with Crippen molar-refractivity contribution in [3.63, 3.8) is 0 Å². The molecule has 0 unspecified atom stereocenters. The second-order valence-electron chi connectivity index (χ2n) is 5.68. The highest BCUT2D eigenvalue weighted by Gasteiger charge is 2.20. The number of benzene rings is 1. The van der Waals surface area contributed by atoms with Gasteiger partial charge in [-0.2, -0.15) is 16.9 Å². The molecule has 7 nitrogen and oxygen atoms in total. The Morgan fingerprint density at radius 3 is 2.48 bits per heavy atom. The molecular weight excluding hydrogens is 386 g/mol. The summed E-state index contributed by atoms with van der Waals surface area (Å²) in [6, 6.07) is 9.66. The van der Waals surface area contributed by atoms with Gasteiger partial charge in [-0.1, -0.05) is 12.1 Å². The van der Waals surface area contributed by atoms with E-state index in [2.05, 4.69) is 10.4 Å². The summed E-state index contributed by atoms with van der Waals surface area (Å²) in [7, 11) is 0. The van der Waals surface area contributed by atoms with E-state index in [-0.39, 0.29) is 6.54 Å². The van der Waals surface area contributed by atoms with Gasteiger partial charge in [-0.15, -0.1) is 11.8 Å². The Bertz CT molecular complexity index is 852. The van der Waals surface area contributed by atoms with Gasteiger partial charge in [-0.05, 0) is 42.9 Å². The van der Waals surface area contributed by atoms with Crippen LogP contribution in [0.4, 0.5) is 0 Å². The average molecular weight is 408 g/mol. The average Bonchev–Trinajstić information content (AvgIpc) is 2.66. The molecule has 0 spiro atoms.